The van der Waals surface area contributed by atoms with Crippen LogP contribution in [0, 0.1) is 14.9 Å². The Morgan fingerprint density at radius 3 is 2.39 bits per heavy atom. The van der Waals surface area contributed by atoms with Crippen molar-refractivity contribution in [2.45, 2.75) is 6.61 Å². The predicted octanol–water partition coefficient (Wildman–Crippen LogP) is 6.09. The summed E-state index contributed by atoms with van der Waals surface area (Å²) in [5, 5.41) is 12.9. The molecule has 0 aliphatic rings. The van der Waals surface area contributed by atoms with E-state index in [0.717, 1.165) is 9.13 Å². The molecule has 0 aliphatic carbocycles. The molecule has 1 amide bonds. The SMILES string of the molecule is COc1ccc(NC(=O)/C(C#N)=C\c2cc(I)c(OCc3ccc(Cl)cc3)c(OC)c2)cc1. The lowest BCUT2D eigenvalue weighted by Gasteiger charge is -2.14. The topological polar surface area (TPSA) is 80.6 Å². The molecular weight excluding hydrogens is 555 g/mol. The van der Waals surface area contributed by atoms with Crippen LogP contribution < -0.4 is 19.5 Å². The minimum absolute atomic E-state index is 0.0431. The van der Waals surface area contributed by atoms with Crippen LogP contribution in [0.25, 0.3) is 6.08 Å². The molecule has 8 heteroatoms. The Morgan fingerprint density at radius 1 is 1.09 bits per heavy atom. The minimum Gasteiger partial charge on any atom is -0.497 e. The number of anilines is 1. The highest BCUT2D eigenvalue weighted by Crippen LogP contribution is 2.35. The van der Waals surface area contributed by atoms with Crippen molar-refractivity contribution in [2.24, 2.45) is 0 Å². The maximum Gasteiger partial charge on any atom is 0.266 e. The number of halogens is 2. The number of nitrogens with zero attached hydrogens (tertiary/aromatic N) is 1. The number of hydrogen-bond acceptors (Lipinski definition) is 5. The zero-order valence-electron chi connectivity index (χ0n) is 17.9. The predicted molar refractivity (Wildman–Crippen MR) is 137 cm³/mol. The van der Waals surface area contributed by atoms with E-state index >= 15 is 0 Å². The first kappa shape index (κ1) is 24.4. The molecule has 0 fully saturated rings. The number of hydrogen-bond donors (Lipinski definition) is 1. The first-order chi connectivity index (χ1) is 15.9. The van der Waals surface area contributed by atoms with Gasteiger partial charge in [-0.3, -0.25) is 4.79 Å². The summed E-state index contributed by atoms with van der Waals surface area (Å²) >= 11 is 8.06. The van der Waals surface area contributed by atoms with Gasteiger partial charge in [0.1, 0.15) is 24.0 Å². The van der Waals surface area contributed by atoms with Gasteiger partial charge in [-0.25, -0.2) is 0 Å². The number of carbonyl (C=O) groups is 1. The third-order valence-corrected chi connectivity index (χ3v) is 5.63. The molecule has 0 radical (unpaired) electrons. The molecule has 33 heavy (non-hydrogen) atoms. The number of nitriles is 1. The molecule has 0 atom stereocenters. The number of amides is 1. The molecule has 3 aromatic carbocycles. The molecule has 0 unspecified atom stereocenters. The summed E-state index contributed by atoms with van der Waals surface area (Å²) in [5.74, 6) is 1.23. The molecule has 0 aromatic heterocycles. The Bertz CT molecular complexity index is 1200. The smallest absolute Gasteiger partial charge is 0.266 e. The molecule has 168 valence electrons. The third kappa shape index (κ3) is 6.63. The van der Waals surface area contributed by atoms with Crippen LogP contribution >= 0.6 is 34.2 Å². The Labute approximate surface area is 210 Å². The van der Waals surface area contributed by atoms with E-state index in [-0.39, 0.29) is 5.57 Å². The first-order valence-electron chi connectivity index (χ1n) is 9.75. The standard InChI is InChI=1S/C25H20ClIN2O4/c1-31-21-9-7-20(8-10-21)29-25(30)18(14-28)11-17-12-22(27)24(23(13-17)32-2)33-15-16-3-5-19(26)6-4-16/h3-13H,15H2,1-2H3,(H,29,30)/b18-11-. The first-order valence-corrected chi connectivity index (χ1v) is 11.2. The van der Waals surface area contributed by atoms with Crippen LogP contribution in [0.4, 0.5) is 5.69 Å². The van der Waals surface area contributed by atoms with E-state index in [4.69, 9.17) is 25.8 Å². The maximum atomic E-state index is 12.6. The monoisotopic (exact) mass is 574 g/mol. The van der Waals surface area contributed by atoms with Crippen molar-refractivity contribution in [2.75, 3.05) is 19.5 Å². The van der Waals surface area contributed by atoms with Crippen LogP contribution in [0.5, 0.6) is 17.2 Å². The summed E-state index contributed by atoms with van der Waals surface area (Å²) in [4.78, 5) is 12.6. The second-order valence-corrected chi connectivity index (χ2v) is 8.40. The van der Waals surface area contributed by atoms with Crippen LogP contribution in [0.1, 0.15) is 11.1 Å². The number of rotatable bonds is 8. The number of nitrogens with one attached hydrogen (secondary N) is 1. The van der Waals surface area contributed by atoms with Gasteiger partial charge >= 0.3 is 0 Å². The van der Waals surface area contributed by atoms with Gasteiger partial charge in [-0.2, -0.15) is 5.26 Å². The number of benzene rings is 3. The van der Waals surface area contributed by atoms with Crippen LogP contribution in [0.2, 0.25) is 5.02 Å². The molecule has 6 nitrogen and oxygen atoms in total. The zero-order chi connectivity index (χ0) is 23.8. The van der Waals surface area contributed by atoms with Gasteiger partial charge < -0.3 is 19.5 Å². The minimum atomic E-state index is -0.514. The van der Waals surface area contributed by atoms with Crippen molar-refractivity contribution in [3.8, 4) is 23.3 Å². The zero-order valence-corrected chi connectivity index (χ0v) is 20.8. The summed E-state index contributed by atoms with van der Waals surface area (Å²) in [6.45, 7) is 0.340. The van der Waals surface area contributed by atoms with Crippen molar-refractivity contribution in [1.29, 1.82) is 5.26 Å². The van der Waals surface area contributed by atoms with Gasteiger partial charge in [-0.05, 0) is 88.3 Å². The van der Waals surface area contributed by atoms with Crippen molar-refractivity contribution in [1.82, 2.24) is 0 Å². The third-order valence-electron chi connectivity index (χ3n) is 4.57. The Kier molecular flexibility index (Phi) is 8.58. The van der Waals surface area contributed by atoms with Gasteiger partial charge in [0.05, 0.1) is 17.8 Å². The molecular formula is C25H20ClIN2O4. The van der Waals surface area contributed by atoms with E-state index in [0.29, 0.717) is 40.1 Å². The second-order valence-electron chi connectivity index (χ2n) is 6.80. The largest absolute Gasteiger partial charge is 0.497 e. The van der Waals surface area contributed by atoms with Gasteiger partial charge in [-0.1, -0.05) is 23.7 Å². The molecule has 1 N–H and O–H groups in total. The molecule has 0 aliphatic heterocycles. The van der Waals surface area contributed by atoms with Gasteiger partial charge in [0.15, 0.2) is 11.5 Å². The van der Waals surface area contributed by atoms with Gasteiger partial charge in [0, 0.05) is 10.7 Å². The maximum absolute atomic E-state index is 12.6. The second kappa shape index (κ2) is 11.6. The van der Waals surface area contributed by atoms with Crippen molar-refractivity contribution in [3.05, 3.63) is 86.0 Å². The van der Waals surface area contributed by atoms with Crippen LogP contribution in [0.3, 0.4) is 0 Å². The Hall–Kier alpha value is -3.22. The Morgan fingerprint density at radius 2 is 1.79 bits per heavy atom. The van der Waals surface area contributed by atoms with E-state index in [1.165, 1.54) is 13.2 Å². The molecule has 3 rings (SSSR count). The van der Waals surface area contributed by atoms with E-state index in [1.54, 1.807) is 49.6 Å². The lowest BCUT2D eigenvalue weighted by molar-refractivity contribution is -0.112. The normalized spacial score (nSPS) is 10.8. The molecule has 3 aromatic rings. The van der Waals surface area contributed by atoms with Crippen LogP contribution in [-0.2, 0) is 11.4 Å². The molecule has 0 spiro atoms. The highest BCUT2D eigenvalue weighted by atomic mass is 127. The summed E-state index contributed by atoms with van der Waals surface area (Å²) in [6, 6.07) is 19.7. The van der Waals surface area contributed by atoms with Crippen molar-refractivity contribution >= 4 is 51.9 Å². The number of carbonyl (C=O) groups excluding carboxylic acids is 1. The Balaban J connectivity index is 1.79. The fraction of sp³-hybridized carbons (Fsp3) is 0.120. The summed E-state index contributed by atoms with van der Waals surface area (Å²) in [6.07, 6.45) is 1.51. The van der Waals surface area contributed by atoms with E-state index in [1.807, 2.05) is 24.3 Å². The van der Waals surface area contributed by atoms with Crippen LogP contribution in [-0.4, -0.2) is 20.1 Å². The highest BCUT2D eigenvalue weighted by Gasteiger charge is 2.14. The fourth-order valence-electron chi connectivity index (χ4n) is 2.89. The molecule has 0 bridgehead atoms. The molecule has 0 heterocycles. The van der Waals surface area contributed by atoms with Crippen LogP contribution in [0.15, 0.2) is 66.2 Å². The molecule has 0 saturated heterocycles. The van der Waals surface area contributed by atoms with Crippen molar-refractivity contribution < 1.29 is 19.0 Å². The lowest BCUT2D eigenvalue weighted by Crippen LogP contribution is -2.13. The quantitative estimate of drug-likeness (QED) is 0.200. The highest BCUT2D eigenvalue weighted by molar-refractivity contribution is 14.1. The van der Waals surface area contributed by atoms with E-state index in [9.17, 15) is 10.1 Å². The van der Waals surface area contributed by atoms with E-state index < -0.39 is 5.91 Å². The van der Waals surface area contributed by atoms with E-state index in [2.05, 4.69) is 27.9 Å². The number of ether oxygens (including phenoxy) is 3. The van der Waals surface area contributed by atoms with Gasteiger partial charge in [0.2, 0.25) is 0 Å². The van der Waals surface area contributed by atoms with Gasteiger partial charge in [-0.15, -0.1) is 0 Å². The fourth-order valence-corrected chi connectivity index (χ4v) is 3.79. The average molecular weight is 575 g/mol. The summed E-state index contributed by atoms with van der Waals surface area (Å²) in [5.41, 5.74) is 2.11. The average Bonchev–Trinajstić information content (AvgIpc) is 2.83. The number of methoxy groups -OCH3 is 2. The molecule has 0 saturated carbocycles. The lowest BCUT2D eigenvalue weighted by atomic mass is 10.1. The van der Waals surface area contributed by atoms with Gasteiger partial charge in [0.25, 0.3) is 5.91 Å². The summed E-state index contributed by atoms with van der Waals surface area (Å²) < 4.78 is 17.3. The summed E-state index contributed by atoms with van der Waals surface area (Å²) in [7, 11) is 3.10. The van der Waals surface area contributed by atoms with Crippen molar-refractivity contribution in [3.63, 3.8) is 0 Å².